The number of hydrogen-bond acceptors (Lipinski definition) is 6. The molecule has 0 N–H and O–H groups in total. The Morgan fingerprint density at radius 1 is 1.19 bits per heavy atom. The second-order valence-corrected chi connectivity index (χ2v) is 8.16. The quantitative estimate of drug-likeness (QED) is 0.431. The minimum absolute atomic E-state index is 0.205. The molecule has 1 aliphatic heterocycles. The Morgan fingerprint density at radius 2 is 1.91 bits per heavy atom. The summed E-state index contributed by atoms with van der Waals surface area (Å²) in [7, 11) is 1.33. The van der Waals surface area contributed by atoms with Crippen molar-refractivity contribution in [2.24, 2.45) is 4.99 Å². The van der Waals surface area contributed by atoms with Gasteiger partial charge in [-0.2, -0.15) is 0 Å². The van der Waals surface area contributed by atoms with E-state index in [1.807, 2.05) is 60.7 Å². The lowest BCUT2D eigenvalue weighted by atomic mass is 9.96. The number of carbonyl (C=O) groups excluding carboxylic acids is 1. The molecular formula is C25H22N2O4S. The molecule has 0 fully saturated rings. The van der Waals surface area contributed by atoms with Crippen molar-refractivity contribution in [3.05, 3.63) is 109 Å². The van der Waals surface area contributed by atoms with Crippen molar-refractivity contribution >= 4 is 23.4 Å². The molecule has 0 amide bonds. The fraction of sp³-hybridized carbons (Fsp3) is 0.160. The summed E-state index contributed by atoms with van der Waals surface area (Å²) < 4.78 is 12.6. The Balaban J connectivity index is 1.84. The molecule has 3 aromatic rings. The van der Waals surface area contributed by atoms with E-state index in [1.54, 1.807) is 17.6 Å². The van der Waals surface area contributed by atoms with E-state index >= 15 is 0 Å². The number of allylic oxidation sites excluding steroid dienone is 1. The van der Waals surface area contributed by atoms with Crippen molar-refractivity contribution in [3.8, 4) is 5.75 Å². The summed E-state index contributed by atoms with van der Waals surface area (Å²) in [6.45, 7) is 5.83. The van der Waals surface area contributed by atoms with E-state index in [2.05, 4.69) is 11.6 Å². The first-order chi connectivity index (χ1) is 15.5. The summed E-state index contributed by atoms with van der Waals surface area (Å²) in [6.07, 6.45) is 3.50. The van der Waals surface area contributed by atoms with Crippen molar-refractivity contribution in [3.63, 3.8) is 0 Å². The molecule has 0 saturated carbocycles. The summed E-state index contributed by atoms with van der Waals surface area (Å²) in [5, 5.41) is 0. The monoisotopic (exact) mass is 446 g/mol. The number of rotatable bonds is 6. The van der Waals surface area contributed by atoms with E-state index in [0.29, 0.717) is 27.2 Å². The van der Waals surface area contributed by atoms with E-state index < -0.39 is 12.0 Å². The van der Waals surface area contributed by atoms with Crippen LogP contribution in [0, 0.1) is 0 Å². The van der Waals surface area contributed by atoms with Crippen LogP contribution in [0.1, 0.15) is 24.1 Å². The Labute approximate surface area is 189 Å². The average molecular weight is 447 g/mol. The van der Waals surface area contributed by atoms with Crippen LogP contribution in [0.15, 0.2) is 88.3 Å². The van der Waals surface area contributed by atoms with Crippen molar-refractivity contribution in [1.29, 1.82) is 0 Å². The zero-order chi connectivity index (χ0) is 22.7. The molecule has 0 aliphatic carbocycles. The van der Waals surface area contributed by atoms with Gasteiger partial charge in [0.2, 0.25) is 0 Å². The number of fused-ring (bicyclic) bond motifs is 1. The van der Waals surface area contributed by atoms with Crippen LogP contribution < -0.4 is 19.6 Å². The number of methoxy groups -OCH3 is 1. The van der Waals surface area contributed by atoms with Crippen molar-refractivity contribution in [2.45, 2.75) is 13.0 Å². The maximum absolute atomic E-state index is 13.4. The molecule has 1 unspecified atom stereocenters. The number of aromatic nitrogens is 1. The molecule has 0 radical (unpaired) electrons. The van der Waals surface area contributed by atoms with Gasteiger partial charge in [0.1, 0.15) is 12.4 Å². The first-order valence-electron chi connectivity index (χ1n) is 10.0. The van der Waals surface area contributed by atoms with E-state index in [4.69, 9.17) is 9.47 Å². The third-order valence-electron chi connectivity index (χ3n) is 5.09. The molecule has 0 saturated heterocycles. The third kappa shape index (κ3) is 4.07. The molecule has 4 rings (SSSR count). The topological polar surface area (TPSA) is 69.9 Å². The molecule has 7 heteroatoms. The number of carbonyl (C=O) groups is 1. The standard InChI is InChI=1S/C25H22N2O4S/c1-4-14-31-19-12-10-17(11-13-19)15-20-23(28)27-22(18-8-6-5-7-9-18)21(24(29)30-3)16(2)26-25(27)32-20/h4-13,15,22H,1,14H2,2-3H3. The smallest absolute Gasteiger partial charge is 0.338 e. The Kier molecular flexibility index (Phi) is 6.18. The lowest BCUT2D eigenvalue weighted by Crippen LogP contribution is -2.39. The van der Waals surface area contributed by atoms with Crippen LogP contribution in [0.2, 0.25) is 0 Å². The Bertz CT molecular complexity index is 1370. The molecule has 6 nitrogen and oxygen atoms in total. The van der Waals surface area contributed by atoms with Crippen LogP contribution in [0.4, 0.5) is 0 Å². The molecule has 2 heterocycles. The Morgan fingerprint density at radius 3 is 2.56 bits per heavy atom. The van der Waals surface area contributed by atoms with Crippen molar-refractivity contribution < 1.29 is 14.3 Å². The number of thiazole rings is 1. The normalized spacial score (nSPS) is 15.7. The molecular weight excluding hydrogens is 424 g/mol. The first-order valence-corrected chi connectivity index (χ1v) is 10.8. The number of ether oxygens (including phenoxy) is 2. The fourth-order valence-corrected chi connectivity index (χ4v) is 4.66. The summed E-state index contributed by atoms with van der Waals surface area (Å²) in [6, 6.07) is 16.3. The van der Waals surface area contributed by atoms with E-state index in [-0.39, 0.29) is 5.56 Å². The summed E-state index contributed by atoms with van der Waals surface area (Å²) >= 11 is 1.30. The van der Waals surface area contributed by atoms with Gasteiger partial charge in [0.05, 0.1) is 29.0 Å². The Hall–Kier alpha value is -3.71. The molecule has 162 valence electrons. The lowest BCUT2D eigenvalue weighted by molar-refractivity contribution is -0.136. The van der Waals surface area contributed by atoms with Crippen molar-refractivity contribution in [1.82, 2.24) is 4.57 Å². The van der Waals surface area contributed by atoms with Gasteiger partial charge in [0.15, 0.2) is 4.80 Å². The van der Waals surface area contributed by atoms with Gasteiger partial charge in [-0.05, 0) is 36.3 Å². The van der Waals surface area contributed by atoms with Crippen LogP contribution in [0.5, 0.6) is 5.75 Å². The number of esters is 1. The molecule has 0 spiro atoms. The van der Waals surface area contributed by atoms with Crippen LogP contribution in [-0.4, -0.2) is 24.3 Å². The first kappa shape index (κ1) is 21.5. The minimum atomic E-state index is -0.600. The highest BCUT2D eigenvalue weighted by Gasteiger charge is 2.32. The SMILES string of the molecule is C=CCOc1ccc(C=c2sc3n(c2=O)C(c2ccccc2)C(C(=O)OC)=C(C)N=3)cc1. The van der Waals surface area contributed by atoms with Crippen LogP contribution in [0.3, 0.4) is 0 Å². The van der Waals surface area contributed by atoms with E-state index in [0.717, 1.165) is 16.9 Å². The zero-order valence-electron chi connectivity index (χ0n) is 17.8. The van der Waals surface area contributed by atoms with Gasteiger partial charge in [0, 0.05) is 0 Å². The molecule has 2 aromatic carbocycles. The average Bonchev–Trinajstić information content (AvgIpc) is 3.12. The second kappa shape index (κ2) is 9.20. The lowest BCUT2D eigenvalue weighted by Gasteiger charge is -2.24. The highest BCUT2D eigenvalue weighted by atomic mass is 32.1. The summed E-state index contributed by atoms with van der Waals surface area (Å²) in [4.78, 5) is 31.2. The molecule has 0 bridgehead atoms. The largest absolute Gasteiger partial charge is 0.490 e. The highest BCUT2D eigenvalue weighted by Crippen LogP contribution is 2.30. The molecule has 1 aromatic heterocycles. The van der Waals surface area contributed by atoms with Crippen molar-refractivity contribution in [2.75, 3.05) is 13.7 Å². The fourth-order valence-electron chi connectivity index (χ4n) is 3.61. The van der Waals surface area contributed by atoms with E-state index in [9.17, 15) is 9.59 Å². The highest BCUT2D eigenvalue weighted by molar-refractivity contribution is 7.07. The predicted octanol–water partition coefficient (Wildman–Crippen LogP) is 2.97. The third-order valence-corrected chi connectivity index (χ3v) is 6.07. The van der Waals surface area contributed by atoms with Gasteiger partial charge in [-0.1, -0.05) is 66.5 Å². The maximum Gasteiger partial charge on any atom is 0.338 e. The molecule has 1 atom stereocenters. The number of benzene rings is 2. The predicted molar refractivity (Wildman–Crippen MR) is 124 cm³/mol. The van der Waals surface area contributed by atoms with Gasteiger partial charge in [0.25, 0.3) is 5.56 Å². The molecule has 32 heavy (non-hydrogen) atoms. The number of nitrogens with zero attached hydrogens (tertiary/aromatic N) is 2. The van der Waals surface area contributed by atoms with Crippen LogP contribution in [-0.2, 0) is 9.53 Å². The van der Waals surface area contributed by atoms with E-state index in [1.165, 1.54) is 18.4 Å². The minimum Gasteiger partial charge on any atom is -0.490 e. The zero-order valence-corrected chi connectivity index (χ0v) is 18.6. The van der Waals surface area contributed by atoms with Gasteiger partial charge < -0.3 is 9.47 Å². The maximum atomic E-state index is 13.4. The van der Waals surface area contributed by atoms with Gasteiger partial charge in [-0.15, -0.1) is 0 Å². The van der Waals surface area contributed by atoms with Gasteiger partial charge in [-0.25, -0.2) is 9.79 Å². The summed E-state index contributed by atoms with van der Waals surface area (Å²) in [5.41, 5.74) is 2.38. The number of hydrogen-bond donors (Lipinski definition) is 0. The molecule has 1 aliphatic rings. The van der Waals surface area contributed by atoms with Gasteiger partial charge >= 0.3 is 5.97 Å². The van der Waals surface area contributed by atoms with Crippen LogP contribution in [0.25, 0.3) is 6.08 Å². The summed E-state index contributed by atoms with van der Waals surface area (Å²) in [5.74, 6) is 0.232. The van der Waals surface area contributed by atoms with Crippen LogP contribution >= 0.6 is 11.3 Å². The van der Waals surface area contributed by atoms with Gasteiger partial charge in [-0.3, -0.25) is 9.36 Å². The second-order valence-electron chi connectivity index (χ2n) is 7.15.